The van der Waals surface area contributed by atoms with Gasteiger partial charge in [-0.3, -0.25) is 14.3 Å². The molecule has 1 fully saturated rings. The summed E-state index contributed by atoms with van der Waals surface area (Å²) in [5.74, 6) is -0.0788. The molecule has 140 valence electrons. The van der Waals surface area contributed by atoms with Crippen molar-refractivity contribution < 1.29 is 4.79 Å². The molecular weight excluding hydrogens is 340 g/mol. The van der Waals surface area contributed by atoms with Crippen molar-refractivity contribution in [2.75, 3.05) is 0 Å². The molecule has 1 saturated carbocycles. The maximum absolute atomic E-state index is 13.0. The molecule has 1 aliphatic carbocycles. The molecule has 1 aromatic carbocycles. The van der Waals surface area contributed by atoms with Gasteiger partial charge in [0.15, 0.2) is 5.65 Å². The second-order valence-electron chi connectivity index (χ2n) is 7.12. The molecule has 0 atom stereocenters. The van der Waals surface area contributed by atoms with Gasteiger partial charge in [0.1, 0.15) is 6.54 Å². The lowest BCUT2D eigenvalue weighted by molar-refractivity contribution is -0.122. The van der Waals surface area contributed by atoms with E-state index in [2.05, 4.69) is 17.2 Å². The van der Waals surface area contributed by atoms with Crippen molar-refractivity contribution in [2.24, 2.45) is 0 Å². The van der Waals surface area contributed by atoms with Crippen LogP contribution in [0.4, 0.5) is 0 Å². The summed E-state index contributed by atoms with van der Waals surface area (Å²) in [5.41, 5.74) is 2.27. The highest BCUT2D eigenvalue weighted by Crippen LogP contribution is 2.18. The lowest BCUT2D eigenvalue weighted by atomic mass is 10.1. The van der Waals surface area contributed by atoms with E-state index in [0.717, 1.165) is 43.4 Å². The normalized spacial score (nSPS) is 14.7. The van der Waals surface area contributed by atoms with Gasteiger partial charge >= 0.3 is 0 Å². The van der Waals surface area contributed by atoms with Gasteiger partial charge in [0.25, 0.3) is 5.56 Å². The van der Waals surface area contributed by atoms with Crippen LogP contribution < -0.4 is 10.9 Å². The van der Waals surface area contributed by atoms with Crippen LogP contribution in [0.25, 0.3) is 16.7 Å². The maximum atomic E-state index is 13.0. The van der Waals surface area contributed by atoms with E-state index in [-0.39, 0.29) is 24.1 Å². The number of aryl methyl sites for hydroxylation is 1. The van der Waals surface area contributed by atoms with Crippen molar-refractivity contribution in [1.82, 2.24) is 19.7 Å². The third kappa shape index (κ3) is 3.39. The Labute approximate surface area is 157 Å². The Morgan fingerprint density at radius 1 is 1.22 bits per heavy atom. The number of nitrogens with zero attached hydrogens (tertiary/aromatic N) is 3. The van der Waals surface area contributed by atoms with Crippen molar-refractivity contribution in [1.29, 1.82) is 0 Å². The highest BCUT2D eigenvalue weighted by atomic mass is 16.2. The van der Waals surface area contributed by atoms with Gasteiger partial charge in [0.05, 0.1) is 11.1 Å². The molecule has 27 heavy (non-hydrogen) atoms. The molecule has 0 radical (unpaired) electrons. The number of nitrogens with one attached hydrogen (secondary N) is 1. The number of benzene rings is 1. The van der Waals surface area contributed by atoms with Gasteiger partial charge in [0, 0.05) is 12.2 Å². The van der Waals surface area contributed by atoms with E-state index in [1.807, 2.05) is 24.3 Å². The van der Waals surface area contributed by atoms with Crippen LogP contribution in [0.2, 0.25) is 0 Å². The van der Waals surface area contributed by atoms with Crippen LogP contribution in [0.15, 0.2) is 47.4 Å². The topological polar surface area (TPSA) is 68.9 Å². The average Bonchev–Trinajstić information content (AvgIpc) is 3.29. The first-order valence-electron chi connectivity index (χ1n) is 9.62. The highest BCUT2D eigenvalue weighted by Gasteiger charge is 2.21. The number of hydrogen-bond donors (Lipinski definition) is 1. The Morgan fingerprint density at radius 3 is 2.81 bits per heavy atom. The van der Waals surface area contributed by atoms with Crippen molar-refractivity contribution in [3.05, 3.63) is 58.5 Å². The fourth-order valence-electron chi connectivity index (χ4n) is 3.88. The minimum atomic E-state index is -0.153. The lowest BCUT2D eigenvalue weighted by Crippen LogP contribution is -2.37. The number of amides is 1. The summed E-state index contributed by atoms with van der Waals surface area (Å²) in [6.07, 6.45) is 6.91. The first kappa shape index (κ1) is 17.5. The molecule has 1 aliphatic rings. The smallest absolute Gasteiger partial charge is 0.280 e. The number of pyridine rings is 1. The fraction of sp³-hybridized carbons (Fsp3) is 0.381. The number of fused-ring (bicyclic) bond motifs is 1. The quantitative estimate of drug-likeness (QED) is 0.757. The van der Waals surface area contributed by atoms with Crippen LogP contribution in [0.1, 0.15) is 38.2 Å². The third-order valence-electron chi connectivity index (χ3n) is 5.27. The molecule has 2 aromatic heterocycles. The van der Waals surface area contributed by atoms with Gasteiger partial charge in [-0.15, -0.1) is 0 Å². The van der Waals surface area contributed by atoms with Gasteiger partial charge in [-0.2, -0.15) is 0 Å². The van der Waals surface area contributed by atoms with E-state index in [0.29, 0.717) is 11.0 Å². The second kappa shape index (κ2) is 7.39. The summed E-state index contributed by atoms with van der Waals surface area (Å²) in [4.78, 5) is 30.1. The Bertz CT molecular complexity index is 1030. The van der Waals surface area contributed by atoms with E-state index in [4.69, 9.17) is 0 Å². The van der Waals surface area contributed by atoms with E-state index >= 15 is 0 Å². The molecule has 6 heteroatoms. The summed E-state index contributed by atoms with van der Waals surface area (Å²) in [5, 5.41) is 3.62. The fourth-order valence-corrected chi connectivity index (χ4v) is 3.88. The van der Waals surface area contributed by atoms with Gasteiger partial charge in [-0.25, -0.2) is 9.67 Å². The van der Waals surface area contributed by atoms with Gasteiger partial charge < -0.3 is 5.32 Å². The Hall–Kier alpha value is -2.89. The zero-order valence-electron chi connectivity index (χ0n) is 15.5. The molecule has 2 heterocycles. The average molecular weight is 364 g/mol. The minimum absolute atomic E-state index is 0.0720. The summed E-state index contributed by atoms with van der Waals surface area (Å²) in [6, 6.07) is 11.6. The van der Waals surface area contributed by atoms with Crippen LogP contribution in [0.3, 0.4) is 0 Å². The number of rotatable bonds is 5. The van der Waals surface area contributed by atoms with Crippen molar-refractivity contribution in [3.63, 3.8) is 0 Å². The minimum Gasteiger partial charge on any atom is -0.352 e. The summed E-state index contributed by atoms with van der Waals surface area (Å²) in [6.45, 7) is 2.15. The monoisotopic (exact) mass is 364 g/mol. The molecule has 3 aromatic rings. The predicted molar refractivity (Wildman–Crippen MR) is 105 cm³/mol. The van der Waals surface area contributed by atoms with Gasteiger partial charge in [-0.1, -0.05) is 31.9 Å². The maximum Gasteiger partial charge on any atom is 0.280 e. The summed E-state index contributed by atoms with van der Waals surface area (Å²) in [7, 11) is 0. The van der Waals surface area contributed by atoms with Crippen LogP contribution in [0, 0.1) is 0 Å². The second-order valence-corrected chi connectivity index (χ2v) is 7.12. The van der Waals surface area contributed by atoms with E-state index in [1.54, 1.807) is 27.7 Å². The molecule has 1 amide bonds. The number of hydrogen-bond acceptors (Lipinski definition) is 3. The molecule has 0 aliphatic heterocycles. The summed E-state index contributed by atoms with van der Waals surface area (Å²) >= 11 is 0. The van der Waals surface area contributed by atoms with Crippen LogP contribution in [-0.2, 0) is 17.8 Å². The number of carbonyl (C=O) groups excluding carboxylic acids is 1. The standard InChI is InChI=1S/C21H24N4O2/c1-2-15-7-5-10-17(13-15)25-21(27)18-11-6-12-22-20(18)24(25)14-19(26)23-16-8-3-4-9-16/h5-7,10-13,16H,2-4,8-9,14H2,1H3,(H,23,26). The van der Waals surface area contributed by atoms with E-state index < -0.39 is 0 Å². The predicted octanol–water partition coefficient (Wildman–Crippen LogP) is 2.81. The van der Waals surface area contributed by atoms with Gasteiger partial charge in [0.2, 0.25) is 5.91 Å². The van der Waals surface area contributed by atoms with Crippen LogP contribution >= 0.6 is 0 Å². The highest BCUT2D eigenvalue weighted by molar-refractivity contribution is 5.80. The van der Waals surface area contributed by atoms with E-state index in [9.17, 15) is 9.59 Å². The zero-order valence-corrected chi connectivity index (χ0v) is 15.5. The number of carbonyl (C=O) groups is 1. The SMILES string of the molecule is CCc1cccc(-n2c(=O)c3cccnc3n2CC(=O)NC2CCCC2)c1. The number of aromatic nitrogens is 3. The van der Waals surface area contributed by atoms with Crippen molar-refractivity contribution in [3.8, 4) is 5.69 Å². The molecule has 0 bridgehead atoms. The molecule has 4 rings (SSSR count). The van der Waals surface area contributed by atoms with Crippen molar-refractivity contribution in [2.45, 2.75) is 51.6 Å². The third-order valence-corrected chi connectivity index (χ3v) is 5.27. The van der Waals surface area contributed by atoms with Gasteiger partial charge in [-0.05, 0) is 49.1 Å². The zero-order chi connectivity index (χ0) is 18.8. The largest absolute Gasteiger partial charge is 0.352 e. The Balaban J connectivity index is 1.77. The molecule has 6 nitrogen and oxygen atoms in total. The Kier molecular flexibility index (Phi) is 4.79. The van der Waals surface area contributed by atoms with Crippen LogP contribution in [-0.4, -0.2) is 26.3 Å². The Morgan fingerprint density at radius 2 is 2.04 bits per heavy atom. The molecule has 0 unspecified atom stereocenters. The van der Waals surface area contributed by atoms with Crippen LogP contribution in [0.5, 0.6) is 0 Å². The first-order chi connectivity index (χ1) is 13.2. The van der Waals surface area contributed by atoms with E-state index in [1.165, 1.54) is 0 Å². The molecule has 0 saturated heterocycles. The molecule has 0 spiro atoms. The summed E-state index contributed by atoms with van der Waals surface area (Å²) < 4.78 is 3.27. The molecule has 1 N–H and O–H groups in total. The van der Waals surface area contributed by atoms with Crippen molar-refractivity contribution >= 4 is 16.9 Å². The molecular formula is C21H24N4O2. The first-order valence-corrected chi connectivity index (χ1v) is 9.62. The lowest BCUT2D eigenvalue weighted by Gasteiger charge is -2.15.